The molecule has 6 nitrogen and oxygen atoms in total. The van der Waals surface area contributed by atoms with Gasteiger partial charge in [0, 0.05) is 26.7 Å². The second-order valence-corrected chi connectivity index (χ2v) is 6.67. The van der Waals surface area contributed by atoms with Gasteiger partial charge in [-0.2, -0.15) is 0 Å². The monoisotopic (exact) mass is 332 g/mol. The van der Waals surface area contributed by atoms with Gasteiger partial charge in [-0.3, -0.25) is 4.79 Å². The molecule has 0 aliphatic carbocycles. The maximum atomic E-state index is 13.0. The third-order valence-electron chi connectivity index (χ3n) is 2.87. The molecule has 1 amide bonds. The molecule has 0 fully saturated rings. The van der Waals surface area contributed by atoms with E-state index in [1.165, 1.54) is 24.3 Å². The van der Waals surface area contributed by atoms with Crippen LogP contribution in [0.5, 0.6) is 0 Å². The summed E-state index contributed by atoms with van der Waals surface area (Å²) in [7, 11) is -1.93. The lowest BCUT2D eigenvalue weighted by Crippen LogP contribution is -2.33. The Labute approximate surface area is 130 Å². The highest BCUT2D eigenvalue weighted by Gasteiger charge is 2.19. The number of nitrogens with one attached hydrogen (secondary N) is 2. The smallest absolute Gasteiger partial charge is 0.221 e. The van der Waals surface area contributed by atoms with E-state index in [2.05, 4.69) is 10.0 Å². The third-order valence-corrected chi connectivity index (χ3v) is 3.58. The molecule has 22 heavy (non-hydrogen) atoms. The minimum atomic E-state index is -3.50. The number of hydrogen-bond donors (Lipinski definition) is 2. The lowest BCUT2D eigenvalue weighted by molar-refractivity contribution is -0.121. The Morgan fingerprint density at radius 3 is 2.50 bits per heavy atom. The number of rotatable bonds is 9. The van der Waals surface area contributed by atoms with Crippen LogP contribution in [-0.2, 0) is 19.6 Å². The Morgan fingerprint density at radius 1 is 1.32 bits per heavy atom. The van der Waals surface area contributed by atoms with Crippen LogP contribution in [0.4, 0.5) is 4.39 Å². The van der Waals surface area contributed by atoms with E-state index in [1.807, 2.05) is 0 Å². The van der Waals surface area contributed by atoms with Crippen molar-refractivity contribution in [3.8, 4) is 0 Å². The van der Waals surface area contributed by atoms with Crippen molar-refractivity contribution in [2.75, 3.05) is 26.5 Å². The van der Waals surface area contributed by atoms with E-state index >= 15 is 0 Å². The molecule has 0 saturated heterocycles. The van der Waals surface area contributed by atoms with Crippen LogP contribution in [-0.4, -0.2) is 40.8 Å². The van der Waals surface area contributed by atoms with Gasteiger partial charge in [0.25, 0.3) is 0 Å². The summed E-state index contributed by atoms with van der Waals surface area (Å²) in [6.07, 6.45) is 1.62. The number of ether oxygens (including phenoxy) is 1. The number of hydrogen-bond acceptors (Lipinski definition) is 4. The topological polar surface area (TPSA) is 84.5 Å². The van der Waals surface area contributed by atoms with Gasteiger partial charge in [-0.05, 0) is 24.1 Å². The zero-order valence-electron chi connectivity index (χ0n) is 12.6. The highest BCUT2D eigenvalue weighted by molar-refractivity contribution is 7.88. The second-order valence-electron chi connectivity index (χ2n) is 4.89. The van der Waals surface area contributed by atoms with Crippen molar-refractivity contribution in [3.05, 3.63) is 35.6 Å². The standard InChI is InChI=1S/C14H21FN2O4S/c1-21-9-3-8-16-14(18)10-13(17-22(2,19)20)11-4-6-12(15)7-5-11/h4-7,13,17H,3,8-10H2,1-2H3,(H,16,18)/t13-/m0/s1. The van der Waals surface area contributed by atoms with Crippen LogP contribution < -0.4 is 10.0 Å². The summed E-state index contributed by atoms with van der Waals surface area (Å²) in [4.78, 5) is 11.9. The summed E-state index contributed by atoms with van der Waals surface area (Å²) < 4.78 is 43.1. The number of benzene rings is 1. The number of carbonyl (C=O) groups is 1. The average molecular weight is 332 g/mol. The van der Waals surface area contributed by atoms with E-state index < -0.39 is 21.9 Å². The number of sulfonamides is 1. The lowest BCUT2D eigenvalue weighted by Gasteiger charge is -2.17. The fourth-order valence-electron chi connectivity index (χ4n) is 1.88. The zero-order valence-corrected chi connectivity index (χ0v) is 13.5. The Bertz CT molecular complexity index is 575. The van der Waals surface area contributed by atoms with Gasteiger partial charge in [-0.25, -0.2) is 17.5 Å². The van der Waals surface area contributed by atoms with E-state index in [4.69, 9.17) is 4.74 Å². The van der Waals surface area contributed by atoms with Crippen LogP contribution in [0.3, 0.4) is 0 Å². The highest BCUT2D eigenvalue weighted by atomic mass is 32.2. The first-order valence-electron chi connectivity index (χ1n) is 6.80. The molecule has 2 N–H and O–H groups in total. The van der Waals surface area contributed by atoms with Gasteiger partial charge in [0.2, 0.25) is 15.9 Å². The second kappa shape index (κ2) is 8.82. The molecule has 0 aliphatic heterocycles. The van der Waals surface area contributed by atoms with E-state index in [9.17, 15) is 17.6 Å². The third kappa shape index (κ3) is 7.48. The summed E-state index contributed by atoms with van der Waals surface area (Å²) in [5.74, 6) is -0.715. The van der Waals surface area contributed by atoms with Crippen molar-refractivity contribution in [3.63, 3.8) is 0 Å². The predicted octanol–water partition coefficient (Wildman–Crippen LogP) is 0.959. The summed E-state index contributed by atoms with van der Waals surface area (Å²) in [5.41, 5.74) is 0.527. The van der Waals surface area contributed by atoms with Gasteiger partial charge in [-0.1, -0.05) is 12.1 Å². The Balaban J connectivity index is 2.70. The first-order chi connectivity index (χ1) is 10.3. The van der Waals surface area contributed by atoms with Crippen molar-refractivity contribution in [2.24, 2.45) is 0 Å². The van der Waals surface area contributed by atoms with Crippen LogP contribution >= 0.6 is 0 Å². The van der Waals surface area contributed by atoms with E-state index in [0.29, 0.717) is 25.1 Å². The first-order valence-corrected chi connectivity index (χ1v) is 8.69. The summed E-state index contributed by atoms with van der Waals surface area (Å²) >= 11 is 0. The number of methoxy groups -OCH3 is 1. The van der Waals surface area contributed by atoms with Crippen molar-refractivity contribution in [2.45, 2.75) is 18.9 Å². The van der Waals surface area contributed by atoms with Gasteiger partial charge in [0.1, 0.15) is 5.82 Å². The van der Waals surface area contributed by atoms with Crippen LogP contribution in [0.2, 0.25) is 0 Å². The Hall–Kier alpha value is -1.51. The molecule has 8 heteroatoms. The molecule has 0 aliphatic rings. The maximum Gasteiger partial charge on any atom is 0.221 e. The van der Waals surface area contributed by atoms with Gasteiger partial charge in [0.05, 0.1) is 12.3 Å². The van der Waals surface area contributed by atoms with E-state index in [1.54, 1.807) is 7.11 Å². The van der Waals surface area contributed by atoms with Crippen LogP contribution in [0, 0.1) is 5.82 Å². The van der Waals surface area contributed by atoms with Crippen molar-refractivity contribution in [1.82, 2.24) is 10.0 Å². The number of carbonyl (C=O) groups excluding carboxylic acids is 1. The van der Waals surface area contributed by atoms with E-state index in [-0.39, 0.29) is 12.3 Å². The molecule has 0 saturated carbocycles. The summed E-state index contributed by atoms with van der Waals surface area (Å²) in [6, 6.07) is 4.62. The van der Waals surface area contributed by atoms with Crippen molar-refractivity contribution >= 4 is 15.9 Å². The zero-order chi connectivity index (χ0) is 16.6. The van der Waals surface area contributed by atoms with E-state index in [0.717, 1.165) is 6.26 Å². The quantitative estimate of drug-likeness (QED) is 0.660. The van der Waals surface area contributed by atoms with Gasteiger partial charge >= 0.3 is 0 Å². The fourth-order valence-corrected chi connectivity index (χ4v) is 2.62. The minimum Gasteiger partial charge on any atom is -0.385 e. The molecule has 1 atom stereocenters. The molecule has 0 radical (unpaired) electrons. The van der Waals surface area contributed by atoms with Crippen LogP contribution in [0.1, 0.15) is 24.4 Å². The molecule has 1 aromatic rings. The van der Waals surface area contributed by atoms with Crippen molar-refractivity contribution in [1.29, 1.82) is 0 Å². The lowest BCUT2D eigenvalue weighted by atomic mass is 10.0. The van der Waals surface area contributed by atoms with Crippen LogP contribution in [0.25, 0.3) is 0 Å². The van der Waals surface area contributed by atoms with Gasteiger partial charge in [-0.15, -0.1) is 0 Å². The molecule has 0 spiro atoms. The number of halogens is 1. The molecule has 0 aromatic heterocycles. The van der Waals surface area contributed by atoms with Crippen LogP contribution in [0.15, 0.2) is 24.3 Å². The Morgan fingerprint density at radius 2 is 1.95 bits per heavy atom. The molecule has 124 valence electrons. The minimum absolute atomic E-state index is 0.0638. The molecular formula is C14H21FN2O4S. The normalized spacial score (nSPS) is 12.9. The summed E-state index contributed by atoms with van der Waals surface area (Å²) in [6.45, 7) is 0.977. The van der Waals surface area contributed by atoms with Gasteiger partial charge < -0.3 is 10.1 Å². The predicted molar refractivity (Wildman–Crippen MR) is 81.2 cm³/mol. The SMILES string of the molecule is COCCCNC(=O)C[C@H](NS(C)(=O)=O)c1ccc(F)cc1. The molecule has 1 aromatic carbocycles. The molecule has 1 rings (SSSR count). The summed E-state index contributed by atoms with van der Waals surface area (Å²) in [5, 5.41) is 2.69. The highest BCUT2D eigenvalue weighted by Crippen LogP contribution is 2.18. The first kappa shape index (κ1) is 18.5. The van der Waals surface area contributed by atoms with Crippen molar-refractivity contribution < 1.29 is 22.3 Å². The average Bonchev–Trinajstić information content (AvgIpc) is 2.42. The number of amides is 1. The van der Waals surface area contributed by atoms with Gasteiger partial charge in [0.15, 0.2) is 0 Å². The molecular weight excluding hydrogens is 311 g/mol. The molecule has 0 unspecified atom stereocenters. The largest absolute Gasteiger partial charge is 0.385 e. The molecule has 0 heterocycles. The fraction of sp³-hybridized carbons (Fsp3) is 0.500. The Kier molecular flexibility index (Phi) is 7.43. The molecule has 0 bridgehead atoms. The maximum absolute atomic E-state index is 13.0.